The molecule has 0 aliphatic heterocycles. The Hall–Kier alpha value is -3.48. The van der Waals surface area contributed by atoms with E-state index in [1.807, 2.05) is 6.92 Å². The summed E-state index contributed by atoms with van der Waals surface area (Å²) in [7, 11) is 3.05. The van der Waals surface area contributed by atoms with Crippen molar-refractivity contribution in [3.63, 3.8) is 0 Å². The molecule has 0 aliphatic rings. The number of primary amides is 1. The van der Waals surface area contributed by atoms with Gasteiger partial charge in [0, 0.05) is 6.08 Å². The van der Waals surface area contributed by atoms with Crippen LogP contribution < -0.4 is 25.3 Å². The number of anilines is 1. The van der Waals surface area contributed by atoms with Crippen molar-refractivity contribution in [2.24, 2.45) is 5.73 Å². The fourth-order valence-electron chi connectivity index (χ4n) is 2.44. The van der Waals surface area contributed by atoms with Crippen LogP contribution in [0.15, 0.2) is 42.5 Å². The summed E-state index contributed by atoms with van der Waals surface area (Å²) >= 11 is 0. The molecule has 0 unspecified atom stereocenters. The van der Waals surface area contributed by atoms with Gasteiger partial charge in [0.05, 0.1) is 32.1 Å². The number of nitrogens with one attached hydrogen (secondary N) is 1. The number of amides is 2. The molecular weight excluding hydrogens is 348 g/mol. The molecule has 0 saturated heterocycles. The highest BCUT2D eigenvalue weighted by Crippen LogP contribution is 2.38. The lowest BCUT2D eigenvalue weighted by Crippen LogP contribution is -2.16. The normalized spacial score (nSPS) is 10.5. The highest BCUT2D eigenvalue weighted by Gasteiger charge is 2.13. The minimum absolute atomic E-state index is 0.239. The molecule has 0 aromatic heterocycles. The summed E-state index contributed by atoms with van der Waals surface area (Å²) in [6.45, 7) is 2.32. The molecule has 0 fully saturated rings. The quantitative estimate of drug-likeness (QED) is 0.696. The van der Waals surface area contributed by atoms with E-state index >= 15 is 0 Å². The Morgan fingerprint density at radius 1 is 1.11 bits per heavy atom. The Balaban J connectivity index is 2.22. The van der Waals surface area contributed by atoms with E-state index in [2.05, 4.69) is 5.32 Å². The molecule has 0 saturated carbocycles. The summed E-state index contributed by atoms with van der Waals surface area (Å²) in [6, 6.07) is 9.99. The number of carbonyl (C=O) groups is 2. The number of hydrogen-bond donors (Lipinski definition) is 2. The van der Waals surface area contributed by atoms with E-state index in [0.717, 1.165) is 0 Å². The number of methoxy groups -OCH3 is 2. The maximum absolute atomic E-state index is 12.2. The smallest absolute Gasteiger partial charge is 0.250 e. The minimum Gasteiger partial charge on any atom is -0.493 e. The number of ether oxygens (including phenoxy) is 3. The fraction of sp³-hybridized carbons (Fsp3) is 0.200. The van der Waals surface area contributed by atoms with E-state index in [1.165, 1.54) is 20.3 Å². The largest absolute Gasteiger partial charge is 0.493 e. The second-order valence-electron chi connectivity index (χ2n) is 5.42. The van der Waals surface area contributed by atoms with Crippen LogP contribution in [0.2, 0.25) is 0 Å². The second kappa shape index (κ2) is 9.28. The lowest BCUT2D eigenvalue weighted by atomic mass is 10.1. The molecule has 0 atom stereocenters. The first-order valence-electron chi connectivity index (χ1n) is 8.26. The average Bonchev–Trinajstić information content (AvgIpc) is 2.67. The third-order valence-electron chi connectivity index (χ3n) is 3.65. The summed E-state index contributed by atoms with van der Waals surface area (Å²) in [6.07, 6.45) is 2.94. The standard InChI is InChI=1S/C20H22N2O5/c1-4-27-19-16(25-2)11-13(12-17(19)26-3)9-10-18(23)22-15-8-6-5-7-14(15)20(21)24/h5-12H,4H2,1-3H3,(H2,21,24)(H,22,23)/b10-9+. The number of para-hydroxylation sites is 1. The van der Waals surface area contributed by atoms with Gasteiger partial charge in [-0.3, -0.25) is 9.59 Å². The van der Waals surface area contributed by atoms with Gasteiger partial charge in [0.2, 0.25) is 11.7 Å². The van der Waals surface area contributed by atoms with E-state index in [0.29, 0.717) is 35.1 Å². The molecular formula is C20H22N2O5. The first-order valence-corrected chi connectivity index (χ1v) is 8.26. The first-order chi connectivity index (χ1) is 13.0. The Kier molecular flexibility index (Phi) is 6.82. The number of nitrogens with two attached hydrogens (primary N) is 1. The Morgan fingerprint density at radius 2 is 1.74 bits per heavy atom. The van der Waals surface area contributed by atoms with Crippen molar-refractivity contribution in [2.75, 3.05) is 26.1 Å². The number of rotatable bonds is 8. The van der Waals surface area contributed by atoms with Crippen LogP contribution in [-0.4, -0.2) is 32.6 Å². The van der Waals surface area contributed by atoms with Gasteiger partial charge in [0.25, 0.3) is 5.91 Å². The number of hydrogen-bond acceptors (Lipinski definition) is 5. The van der Waals surface area contributed by atoms with Crippen molar-refractivity contribution in [1.82, 2.24) is 0 Å². The molecule has 0 aliphatic carbocycles. The predicted octanol–water partition coefficient (Wildman–Crippen LogP) is 2.85. The number of benzene rings is 2. The lowest BCUT2D eigenvalue weighted by molar-refractivity contribution is -0.111. The molecule has 7 nitrogen and oxygen atoms in total. The van der Waals surface area contributed by atoms with Gasteiger partial charge in [0.1, 0.15) is 0 Å². The third-order valence-corrected chi connectivity index (χ3v) is 3.65. The molecule has 0 heterocycles. The minimum atomic E-state index is -0.615. The molecule has 142 valence electrons. The third kappa shape index (κ3) is 5.01. The van der Waals surface area contributed by atoms with Gasteiger partial charge >= 0.3 is 0 Å². The monoisotopic (exact) mass is 370 g/mol. The molecule has 3 N–H and O–H groups in total. The van der Waals surface area contributed by atoms with Crippen molar-refractivity contribution in [3.8, 4) is 17.2 Å². The van der Waals surface area contributed by atoms with Crippen LogP contribution in [0.1, 0.15) is 22.8 Å². The highest BCUT2D eigenvalue weighted by atomic mass is 16.5. The zero-order valence-corrected chi connectivity index (χ0v) is 15.4. The molecule has 27 heavy (non-hydrogen) atoms. The van der Waals surface area contributed by atoms with Crippen molar-refractivity contribution in [1.29, 1.82) is 0 Å². The average molecular weight is 370 g/mol. The van der Waals surface area contributed by atoms with Gasteiger partial charge in [-0.05, 0) is 42.8 Å². The van der Waals surface area contributed by atoms with E-state index < -0.39 is 11.8 Å². The maximum atomic E-state index is 12.2. The zero-order chi connectivity index (χ0) is 19.8. The predicted molar refractivity (Wildman–Crippen MR) is 103 cm³/mol. The zero-order valence-electron chi connectivity index (χ0n) is 15.4. The summed E-state index contributed by atoms with van der Waals surface area (Å²) in [5, 5.41) is 2.64. The molecule has 2 aromatic carbocycles. The summed E-state index contributed by atoms with van der Waals surface area (Å²) in [4.78, 5) is 23.6. The molecule has 2 aromatic rings. The van der Waals surface area contributed by atoms with Crippen molar-refractivity contribution in [3.05, 3.63) is 53.6 Å². The van der Waals surface area contributed by atoms with Crippen molar-refractivity contribution >= 4 is 23.6 Å². The molecule has 0 radical (unpaired) electrons. The summed E-state index contributed by atoms with van der Waals surface area (Å²) in [5.41, 5.74) is 6.58. The van der Waals surface area contributed by atoms with Gasteiger partial charge in [-0.1, -0.05) is 12.1 Å². The Morgan fingerprint density at radius 3 is 2.30 bits per heavy atom. The summed E-state index contributed by atoms with van der Waals surface area (Å²) in [5.74, 6) is 0.469. The van der Waals surface area contributed by atoms with Crippen LogP contribution >= 0.6 is 0 Å². The second-order valence-corrected chi connectivity index (χ2v) is 5.42. The SMILES string of the molecule is CCOc1c(OC)cc(/C=C/C(=O)Nc2ccccc2C(N)=O)cc1OC. The van der Waals surface area contributed by atoms with Crippen LogP contribution in [0.4, 0.5) is 5.69 Å². The van der Waals surface area contributed by atoms with Gasteiger partial charge in [-0.15, -0.1) is 0 Å². The van der Waals surface area contributed by atoms with Crippen LogP contribution in [0.3, 0.4) is 0 Å². The van der Waals surface area contributed by atoms with Gasteiger partial charge in [-0.25, -0.2) is 0 Å². The van der Waals surface area contributed by atoms with Gasteiger partial charge in [0.15, 0.2) is 11.5 Å². The van der Waals surface area contributed by atoms with E-state index in [4.69, 9.17) is 19.9 Å². The summed E-state index contributed by atoms with van der Waals surface area (Å²) < 4.78 is 16.2. The fourth-order valence-corrected chi connectivity index (χ4v) is 2.44. The molecule has 2 amide bonds. The van der Waals surface area contributed by atoms with E-state index in [9.17, 15) is 9.59 Å². The van der Waals surface area contributed by atoms with Crippen molar-refractivity contribution in [2.45, 2.75) is 6.92 Å². The Bertz CT molecular complexity index is 836. The number of carbonyl (C=O) groups excluding carboxylic acids is 2. The van der Waals surface area contributed by atoms with Crippen molar-refractivity contribution < 1.29 is 23.8 Å². The van der Waals surface area contributed by atoms with Crippen LogP contribution in [-0.2, 0) is 4.79 Å². The van der Waals surface area contributed by atoms with Gasteiger partial charge < -0.3 is 25.3 Å². The van der Waals surface area contributed by atoms with Crippen LogP contribution in [0, 0.1) is 0 Å². The molecule has 0 spiro atoms. The van der Waals surface area contributed by atoms with E-state index in [1.54, 1.807) is 42.5 Å². The molecule has 7 heteroatoms. The van der Waals surface area contributed by atoms with Crippen LogP contribution in [0.25, 0.3) is 6.08 Å². The lowest BCUT2D eigenvalue weighted by Gasteiger charge is -2.14. The first kappa shape index (κ1) is 19.8. The van der Waals surface area contributed by atoms with Gasteiger partial charge in [-0.2, -0.15) is 0 Å². The Labute approximate surface area is 157 Å². The molecule has 2 rings (SSSR count). The maximum Gasteiger partial charge on any atom is 0.250 e. The highest BCUT2D eigenvalue weighted by molar-refractivity contribution is 6.07. The molecule has 0 bridgehead atoms. The topological polar surface area (TPSA) is 99.9 Å². The van der Waals surface area contributed by atoms with Crippen LogP contribution in [0.5, 0.6) is 17.2 Å². The van der Waals surface area contributed by atoms with E-state index in [-0.39, 0.29) is 5.56 Å².